The van der Waals surface area contributed by atoms with Crippen molar-refractivity contribution >= 4 is 11.4 Å². The highest BCUT2D eigenvalue weighted by Gasteiger charge is 2.20. The van der Waals surface area contributed by atoms with Crippen molar-refractivity contribution in [3.8, 4) is 0 Å². The minimum absolute atomic E-state index is 0.186. The van der Waals surface area contributed by atoms with Crippen molar-refractivity contribution in [2.45, 2.75) is 44.2 Å². The van der Waals surface area contributed by atoms with Crippen LogP contribution >= 0.6 is 0 Å². The van der Waals surface area contributed by atoms with Crippen molar-refractivity contribution in [3.05, 3.63) is 24.3 Å². The van der Waals surface area contributed by atoms with Gasteiger partial charge in [-0.05, 0) is 37.1 Å². The summed E-state index contributed by atoms with van der Waals surface area (Å²) in [5.74, 6) is 0. The van der Waals surface area contributed by atoms with E-state index in [1.807, 2.05) is 24.3 Å². The maximum atomic E-state index is 9.98. The second-order valence-electron chi connectivity index (χ2n) is 4.58. The molecule has 0 bridgehead atoms. The first-order chi connectivity index (χ1) is 7.75. The molecule has 4 N–H and O–H groups in total. The Labute approximate surface area is 96.7 Å². The molecule has 3 nitrogen and oxygen atoms in total. The first-order valence-corrected chi connectivity index (χ1v) is 6.06. The lowest BCUT2D eigenvalue weighted by Crippen LogP contribution is -2.32. The molecule has 0 saturated heterocycles. The number of hydrogen-bond donors (Lipinski definition) is 3. The van der Waals surface area contributed by atoms with Crippen molar-refractivity contribution in [2.24, 2.45) is 0 Å². The zero-order valence-electron chi connectivity index (χ0n) is 9.52. The van der Waals surface area contributed by atoms with Crippen molar-refractivity contribution < 1.29 is 5.11 Å². The molecule has 16 heavy (non-hydrogen) atoms. The average Bonchev–Trinajstić information content (AvgIpc) is 2.48. The summed E-state index contributed by atoms with van der Waals surface area (Å²) in [6.45, 7) is 0. The Hall–Kier alpha value is -1.22. The molecule has 1 aromatic rings. The van der Waals surface area contributed by atoms with E-state index in [0.29, 0.717) is 0 Å². The monoisotopic (exact) mass is 220 g/mol. The van der Waals surface area contributed by atoms with Gasteiger partial charge in [0.2, 0.25) is 0 Å². The van der Waals surface area contributed by atoms with Crippen LogP contribution in [-0.4, -0.2) is 17.3 Å². The molecule has 1 saturated carbocycles. The molecule has 0 aromatic heterocycles. The molecule has 2 atom stereocenters. The van der Waals surface area contributed by atoms with Crippen LogP contribution in [0.4, 0.5) is 11.4 Å². The number of aliphatic hydroxyl groups is 1. The number of aliphatic hydroxyl groups excluding tert-OH is 1. The number of rotatable bonds is 2. The molecular weight excluding hydrogens is 200 g/mol. The van der Waals surface area contributed by atoms with Gasteiger partial charge in [-0.3, -0.25) is 0 Å². The van der Waals surface area contributed by atoms with E-state index < -0.39 is 0 Å². The number of nitrogen functional groups attached to an aromatic ring is 1. The van der Waals surface area contributed by atoms with Gasteiger partial charge in [-0.15, -0.1) is 0 Å². The molecule has 0 spiro atoms. The van der Waals surface area contributed by atoms with Gasteiger partial charge in [-0.25, -0.2) is 0 Å². The maximum absolute atomic E-state index is 9.98. The quantitative estimate of drug-likeness (QED) is 0.530. The number of nitrogens with one attached hydrogen (secondary N) is 1. The summed E-state index contributed by atoms with van der Waals surface area (Å²) < 4.78 is 0. The fourth-order valence-electron chi connectivity index (χ4n) is 2.25. The van der Waals surface area contributed by atoms with Crippen LogP contribution in [-0.2, 0) is 0 Å². The molecule has 3 heteroatoms. The first kappa shape index (κ1) is 11.3. The Morgan fingerprint density at radius 1 is 1.06 bits per heavy atom. The van der Waals surface area contributed by atoms with Gasteiger partial charge in [0, 0.05) is 11.4 Å². The first-order valence-electron chi connectivity index (χ1n) is 6.06. The van der Waals surface area contributed by atoms with Gasteiger partial charge in [0.1, 0.15) is 0 Å². The third-order valence-electron chi connectivity index (χ3n) is 3.24. The van der Waals surface area contributed by atoms with Crippen LogP contribution in [0.15, 0.2) is 24.3 Å². The zero-order chi connectivity index (χ0) is 11.4. The van der Waals surface area contributed by atoms with E-state index in [2.05, 4.69) is 5.32 Å². The van der Waals surface area contributed by atoms with E-state index in [1.54, 1.807) is 0 Å². The molecule has 0 radical (unpaired) electrons. The largest absolute Gasteiger partial charge is 0.399 e. The average molecular weight is 220 g/mol. The van der Waals surface area contributed by atoms with Crippen molar-refractivity contribution in [2.75, 3.05) is 11.1 Å². The van der Waals surface area contributed by atoms with Gasteiger partial charge in [0.15, 0.2) is 0 Å². The molecule has 1 fully saturated rings. The van der Waals surface area contributed by atoms with E-state index in [-0.39, 0.29) is 12.1 Å². The summed E-state index contributed by atoms with van der Waals surface area (Å²) in [7, 11) is 0. The molecule has 88 valence electrons. The van der Waals surface area contributed by atoms with Crippen molar-refractivity contribution in [3.63, 3.8) is 0 Å². The summed E-state index contributed by atoms with van der Waals surface area (Å²) >= 11 is 0. The summed E-state index contributed by atoms with van der Waals surface area (Å²) in [6.07, 6.45) is 5.31. The molecule has 0 amide bonds. The highest BCUT2D eigenvalue weighted by molar-refractivity contribution is 5.51. The number of hydrogen-bond acceptors (Lipinski definition) is 3. The highest BCUT2D eigenvalue weighted by Crippen LogP contribution is 2.22. The van der Waals surface area contributed by atoms with Gasteiger partial charge >= 0.3 is 0 Å². The summed E-state index contributed by atoms with van der Waals surface area (Å²) in [5.41, 5.74) is 7.45. The van der Waals surface area contributed by atoms with Gasteiger partial charge in [0.05, 0.1) is 12.1 Å². The zero-order valence-corrected chi connectivity index (χ0v) is 9.52. The third-order valence-corrected chi connectivity index (χ3v) is 3.24. The van der Waals surface area contributed by atoms with Gasteiger partial charge in [-0.1, -0.05) is 19.3 Å². The van der Waals surface area contributed by atoms with Crippen molar-refractivity contribution in [1.82, 2.24) is 0 Å². The Balaban J connectivity index is 1.99. The predicted octanol–water partition coefficient (Wildman–Crippen LogP) is 2.37. The number of anilines is 2. The van der Waals surface area contributed by atoms with Crippen LogP contribution in [0.5, 0.6) is 0 Å². The second-order valence-corrected chi connectivity index (χ2v) is 4.58. The minimum Gasteiger partial charge on any atom is -0.399 e. The molecule has 2 rings (SSSR count). The summed E-state index contributed by atoms with van der Waals surface area (Å²) in [4.78, 5) is 0. The van der Waals surface area contributed by atoms with Crippen LogP contribution in [0.1, 0.15) is 32.1 Å². The van der Waals surface area contributed by atoms with E-state index in [4.69, 9.17) is 5.73 Å². The van der Waals surface area contributed by atoms with Gasteiger partial charge in [0.25, 0.3) is 0 Å². The molecule has 1 aliphatic rings. The van der Waals surface area contributed by atoms with Gasteiger partial charge < -0.3 is 16.2 Å². The molecule has 0 aliphatic heterocycles. The number of nitrogens with two attached hydrogens (primary N) is 1. The smallest absolute Gasteiger partial charge is 0.0741 e. The Morgan fingerprint density at radius 2 is 1.75 bits per heavy atom. The van der Waals surface area contributed by atoms with Gasteiger partial charge in [-0.2, -0.15) is 0 Å². The lowest BCUT2D eigenvalue weighted by Gasteiger charge is -2.22. The number of benzene rings is 1. The van der Waals surface area contributed by atoms with Crippen LogP contribution in [0.2, 0.25) is 0 Å². The molecule has 1 aromatic carbocycles. The normalized spacial score (nSPS) is 26.1. The maximum Gasteiger partial charge on any atom is 0.0741 e. The fraction of sp³-hybridized carbons (Fsp3) is 0.538. The standard InChI is InChI=1S/C13H20N2O/c14-10-6-8-11(9-7-10)15-12-4-2-1-3-5-13(12)16/h6-9,12-13,15-16H,1-5,14H2. The van der Waals surface area contributed by atoms with Crippen LogP contribution in [0, 0.1) is 0 Å². The summed E-state index contributed by atoms with van der Waals surface area (Å²) in [6, 6.07) is 7.88. The minimum atomic E-state index is -0.222. The molecule has 0 heterocycles. The van der Waals surface area contributed by atoms with Crippen LogP contribution in [0.25, 0.3) is 0 Å². The Bertz CT molecular complexity index is 323. The van der Waals surface area contributed by atoms with E-state index in [9.17, 15) is 5.11 Å². The molecular formula is C13H20N2O. The molecule has 1 aliphatic carbocycles. The Kier molecular flexibility index (Phi) is 3.67. The SMILES string of the molecule is Nc1ccc(NC2CCCCCC2O)cc1. The third kappa shape index (κ3) is 2.89. The predicted molar refractivity (Wildman–Crippen MR) is 67.4 cm³/mol. The topological polar surface area (TPSA) is 58.3 Å². The van der Waals surface area contributed by atoms with E-state index in [0.717, 1.165) is 30.6 Å². The lowest BCUT2D eigenvalue weighted by atomic mass is 10.1. The van der Waals surface area contributed by atoms with Crippen LogP contribution in [0.3, 0.4) is 0 Å². The van der Waals surface area contributed by atoms with Crippen LogP contribution < -0.4 is 11.1 Å². The fourth-order valence-corrected chi connectivity index (χ4v) is 2.25. The lowest BCUT2D eigenvalue weighted by molar-refractivity contribution is 0.144. The van der Waals surface area contributed by atoms with E-state index >= 15 is 0 Å². The van der Waals surface area contributed by atoms with Crippen molar-refractivity contribution in [1.29, 1.82) is 0 Å². The Morgan fingerprint density at radius 3 is 2.50 bits per heavy atom. The summed E-state index contributed by atoms with van der Waals surface area (Å²) in [5, 5.41) is 13.4. The van der Waals surface area contributed by atoms with E-state index in [1.165, 1.54) is 12.8 Å². The highest BCUT2D eigenvalue weighted by atomic mass is 16.3. The second kappa shape index (κ2) is 5.21. The molecule has 2 unspecified atom stereocenters.